The molecule has 0 saturated heterocycles. The van der Waals surface area contributed by atoms with Crippen molar-refractivity contribution in [1.82, 2.24) is 0 Å². The molecule has 0 saturated carbocycles. The summed E-state index contributed by atoms with van der Waals surface area (Å²) in [5, 5.41) is 1.43. The van der Waals surface area contributed by atoms with Crippen molar-refractivity contribution >= 4 is 20.7 Å². The van der Waals surface area contributed by atoms with Crippen LogP contribution in [0.25, 0.3) is 0 Å². The van der Waals surface area contributed by atoms with Crippen LogP contribution in [0.2, 0.25) is 5.54 Å². The first-order valence-corrected chi connectivity index (χ1v) is 7.21. The van der Waals surface area contributed by atoms with E-state index in [4.69, 9.17) is 4.74 Å². The number of unbranched alkanes of at least 4 members (excludes halogenated alkanes) is 1. The van der Waals surface area contributed by atoms with Crippen molar-refractivity contribution in [2.45, 2.75) is 38.7 Å². The number of rotatable bonds is 7. The second-order valence-corrected chi connectivity index (χ2v) is 6.10. The molecule has 0 fully saturated rings. The maximum atomic E-state index is 10.6. The van der Waals surface area contributed by atoms with Gasteiger partial charge in [0.2, 0.25) is 0 Å². The predicted octanol–water partition coefficient (Wildman–Crippen LogP) is 2.56. The Morgan fingerprint density at radius 1 is 1.29 bits per heavy atom. The van der Waals surface area contributed by atoms with Gasteiger partial charge in [0, 0.05) is 6.92 Å². The molecule has 0 aliphatic heterocycles. The third-order valence-corrected chi connectivity index (χ3v) is 3.97. The molecular formula is C14H20O2Si. The number of benzene rings is 1. The summed E-state index contributed by atoms with van der Waals surface area (Å²) in [5.41, 5.74) is 0.717. The molecule has 0 unspecified atom stereocenters. The Hall–Kier alpha value is -1.09. The summed E-state index contributed by atoms with van der Waals surface area (Å²) in [6.07, 6.45) is 3.31. The Morgan fingerprint density at radius 2 is 2.00 bits per heavy atom. The largest absolute Gasteiger partial charge is 0.466 e. The van der Waals surface area contributed by atoms with Gasteiger partial charge in [0.25, 0.3) is 0 Å². The van der Waals surface area contributed by atoms with E-state index in [1.807, 2.05) is 0 Å². The molecule has 2 radical (unpaired) electrons. The normalized spacial score (nSPS) is 12.1. The summed E-state index contributed by atoms with van der Waals surface area (Å²) in [6.45, 7) is 4.31. The fourth-order valence-corrected chi connectivity index (χ4v) is 2.96. The fraction of sp³-hybridized carbons (Fsp3) is 0.500. The minimum Gasteiger partial charge on any atom is -0.466 e. The zero-order valence-corrected chi connectivity index (χ0v) is 11.6. The lowest BCUT2D eigenvalue weighted by atomic mass is 10.2. The highest BCUT2D eigenvalue weighted by Crippen LogP contribution is 2.12. The lowest BCUT2D eigenvalue weighted by molar-refractivity contribution is -0.141. The van der Waals surface area contributed by atoms with Gasteiger partial charge in [0.1, 0.15) is 0 Å². The van der Waals surface area contributed by atoms with E-state index in [-0.39, 0.29) is 5.97 Å². The molecule has 0 amide bonds. The maximum Gasteiger partial charge on any atom is 0.302 e. The van der Waals surface area contributed by atoms with Gasteiger partial charge in [-0.15, -0.1) is 0 Å². The van der Waals surface area contributed by atoms with Crippen LogP contribution in [0, 0.1) is 0 Å². The molecule has 0 aromatic heterocycles. The van der Waals surface area contributed by atoms with E-state index in [1.54, 1.807) is 0 Å². The Bertz CT molecular complexity index is 324. The predicted molar refractivity (Wildman–Crippen MR) is 71.7 cm³/mol. The minimum atomic E-state index is -0.177. The van der Waals surface area contributed by atoms with Crippen molar-refractivity contribution in [3.8, 4) is 0 Å². The van der Waals surface area contributed by atoms with Crippen LogP contribution in [0.5, 0.6) is 0 Å². The van der Waals surface area contributed by atoms with Crippen molar-refractivity contribution < 1.29 is 9.53 Å². The van der Waals surface area contributed by atoms with Crippen LogP contribution in [0.4, 0.5) is 0 Å². The topological polar surface area (TPSA) is 26.3 Å². The second-order valence-electron chi connectivity index (χ2n) is 4.25. The van der Waals surface area contributed by atoms with E-state index in [9.17, 15) is 4.79 Å². The van der Waals surface area contributed by atoms with Gasteiger partial charge in [-0.2, -0.15) is 0 Å². The number of carbonyl (C=O) groups excluding carboxylic acids is 1. The van der Waals surface area contributed by atoms with E-state index in [0.29, 0.717) is 6.61 Å². The monoisotopic (exact) mass is 248 g/mol. The second kappa shape index (κ2) is 8.07. The highest BCUT2D eigenvalue weighted by atomic mass is 28.2. The molecule has 0 heterocycles. The highest BCUT2D eigenvalue weighted by Gasteiger charge is 2.04. The fourth-order valence-electron chi connectivity index (χ4n) is 1.66. The van der Waals surface area contributed by atoms with Crippen LogP contribution in [0.15, 0.2) is 30.3 Å². The summed E-state index contributed by atoms with van der Waals surface area (Å²) >= 11 is 0. The first-order valence-electron chi connectivity index (χ1n) is 6.13. The molecule has 0 N–H and O–H groups in total. The molecule has 0 aliphatic rings. The molecule has 0 bridgehead atoms. The average molecular weight is 248 g/mol. The Kier molecular flexibility index (Phi) is 6.63. The van der Waals surface area contributed by atoms with Crippen molar-refractivity contribution in [2.24, 2.45) is 0 Å². The first kappa shape index (κ1) is 14.0. The van der Waals surface area contributed by atoms with E-state index in [1.165, 1.54) is 18.5 Å². The van der Waals surface area contributed by atoms with E-state index in [2.05, 4.69) is 37.3 Å². The molecule has 0 aliphatic carbocycles. The van der Waals surface area contributed by atoms with Gasteiger partial charge < -0.3 is 4.74 Å². The van der Waals surface area contributed by atoms with Crippen LogP contribution in [0.1, 0.15) is 33.1 Å². The van der Waals surface area contributed by atoms with E-state index in [0.717, 1.165) is 27.9 Å². The van der Waals surface area contributed by atoms with Crippen LogP contribution in [-0.2, 0) is 9.53 Å². The van der Waals surface area contributed by atoms with E-state index < -0.39 is 0 Å². The third-order valence-electron chi connectivity index (χ3n) is 2.52. The summed E-state index contributed by atoms with van der Waals surface area (Å²) < 4.78 is 4.91. The highest BCUT2D eigenvalue weighted by molar-refractivity contribution is 6.54. The van der Waals surface area contributed by atoms with Crippen molar-refractivity contribution in [1.29, 1.82) is 0 Å². The minimum absolute atomic E-state index is 0.177. The zero-order valence-electron chi connectivity index (χ0n) is 10.6. The molecule has 1 aromatic rings. The molecule has 0 spiro atoms. The van der Waals surface area contributed by atoms with Crippen LogP contribution in [0.3, 0.4) is 0 Å². The first-order chi connectivity index (χ1) is 8.18. The molecule has 92 valence electrons. The van der Waals surface area contributed by atoms with Crippen LogP contribution >= 0.6 is 0 Å². The van der Waals surface area contributed by atoms with Gasteiger partial charge in [0.15, 0.2) is 0 Å². The summed E-state index contributed by atoms with van der Waals surface area (Å²) in [6, 6.07) is 10.6. The van der Waals surface area contributed by atoms with Crippen molar-refractivity contribution in [3.63, 3.8) is 0 Å². The van der Waals surface area contributed by atoms with Gasteiger partial charge >= 0.3 is 5.97 Å². The number of carbonyl (C=O) groups is 1. The summed E-state index contributed by atoms with van der Waals surface area (Å²) in [4.78, 5) is 10.6. The number of hydrogen-bond acceptors (Lipinski definition) is 2. The van der Waals surface area contributed by atoms with Crippen LogP contribution < -0.4 is 5.19 Å². The molecule has 1 rings (SSSR count). The quantitative estimate of drug-likeness (QED) is 0.421. The zero-order chi connectivity index (χ0) is 12.5. The maximum absolute atomic E-state index is 10.6. The van der Waals surface area contributed by atoms with Gasteiger partial charge in [-0.05, 0) is 12.0 Å². The number of esters is 1. The van der Waals surface area contributed by atoms with Crippen molar-refractivity contribution in [2.75, 3.05) is 6.61 Å². The number of ether oxygens (including phenoxy) is 1. The van der Waals surface area contributed by atoms with Gasteiger partial charge in [-0.25, -0.2) is 0 Å². The Morgan fingerprint density at radius 3 is 2.65 bits per heavy atom. The molecule has 1 atom stereocenters. The number of hydrogen-bond donors (Lipinski definition) is 0. The SMILES string of the molecule is CC(=O)OCCCC[C@H](C)[Si]c1ccccc1. The molecule has 3 heteroatoms. The molecule has 2 nitrogen and oxygen atoms in total. The van der Waals surface area contributed by atoms with Gasteiger partial charge in [-0.3, -0.25) is 4.79 Å². The van der Waals surface area contributed by atoms with E-state index >= 15 is 0 Å². The smallest absolute Gasteiger partial charge is 0.302 e. The van der Waals surface area contributed by atoms with Gasteiger partial charge in [0.05, 0.1) is 16.1 Å². The molecule has 1 aromatic carbocycles. The third kappa shape index (κ3) is 6.95. The Labute approximate surface area is 106 Å². The van der Waals surface area contributed by atoms with Crippen molar-refractivity contribution in [3.05, 3.63) is 30.3 Å². The summed E-state index contributed by atoms with van der Waals surface area (Å²) in [7, 11) is 0.878. The lowest BCUT2D eigenvalue weighted by Crippen LogP contribution is -2.17. The molecular weight excluding hydrogens is 228 g/mol. The average Bonchev–Trinajstić information content (AvgIpc) is 2.29. The summed E-state index contributed by atoms with van der Waals surface area (Å²) in [5.74, 6) is -0.177. The Balaban J connectivity index is 2.09. The standard InChI is InChI=1S/C14H20O2Si/c1-12(8-6-7-11-16-13(2)15)17-14-9-4-3-5-10-14/h3-5,9-10,12H,6-8,11H2,1-2H3/t12-/m0/s1. The van der Waals surface area contributed by atoms with Crippen LogP contribution in [-0.4, -0.2) is 22.1 Å². The van der Waals surface area contributed by atoms with Gasteiger partial charge in [-0.1, -0.05) is 55.3 Å². The molecule has 17 heavy (non-hydrogen) atoms. The lowest BCUT2D eigenvalue weighted by Gasteiger charge is -2.10.